The van der Waals surface area contributed by atoms with Crippen LogP contribution in [0.25, 0.3) is 0 Å². The number of hydrogen-bond donors (Lipinski definition) is 1. The number of piperidine rings is 1. The van der Waals surface area contributed by atoms with Crippen LogP contribution in [0.1, 0.15) is 25.7 Å². The maximum Gasteiger partial charge on any atom is 0.390 e. The van der Waals surface area contributed by atoms with E-state index in [2.05, 4.69) is 0 Å². The number of primary amides is 1. The summed E-state index contributed by atoms with van der Waals surface area (Å²) in [5.74, 6) is -0.517. The predicted molar refractivity (Wildman–Crippen MR) is 49.1 cm³/mol. The molecule has 0 spiro atoms. The van der Waals surface area contributed by atoms with E-state index in [0.29, 0.717) is 13.0 Å². The first kappa shape index (κ1) is 12.3. The van der Waals surface area contributed by atoms with Crippen molar-refractivity contribution in [3.05, 3.63) is 0 Å². The van der Waals surface area contributed by atoms with E-state index in [1.54, 1.807) is 4.90 Å². The number of halogens is 3. The molecular weight excluding hydrogens is 209 g/mol. The van der Waals surface area contributed by atoms with Crippen molar-refractivity contribution in [3.63, 3.8) is 0 Å². The summed E-state index contributed by atoms with van der Waals surface area (Å²) in [6.45, 7) is 0.404. The lowest BCUT2D eigenvalue weighted by Crippen LogP contribution is -2.48. The Hall–Kier alpha value is -0.780. The third kappa shape index (κ3) is 4.07. The van der Waals surface area contributed by atoms with Gasteiger partial charge < -0.3 is 5.73 Å². The average Bonchev–Trinajstić information content (AvgIpc) is 2.14. The van der Waals surface area contributed by atoms with E-state index in [9.17, 15) is 18.0 Å². The molecule has 0 bridgehead atoms. The van der Waals surface area contributed by atoms with Crippen molar-refractivity contribution in [2.45, 2.75) is 37.9 Å². The Kier molecular flexibility index (Phi) is 3.96. The molecule has 15 heavy (non-hydrogen) atoms. The number of amides is 1. The topological polar surface area (TPSA) is 46.3 Å². The standard InChI is InChI=1S/C9H15F3N2O/c10-9(11,12)4-6-14-5-2-1-3-7(14)8(13)15/h7H,1-6H2,(H2,13,15). The maximum atomic E-state index is 12.0. The van der Waals surface area contributed by atoms with Crippen LogP contribution in [0.15, 0.2) is 0 Å². The highest BCUT2D eigenvalue weighted by Gasteiger charge is 2.32. The summed E-state index contributed by atoms with van der Waals surface area (Å²) in [5, 5.41) is 0. The van der Waals surface area contributed by atoms with Gasteiger partial charge in [-0.1, -0.05) is 6.42 Å². The Morgan fingerprint density at radius 1 is 1.40 bits per heavy atom. The molecule has 1 aliphatic heterocycles. The van der Waals surface area contributed by atoms with Crippen molar-refractivity contribution in [3.8, 4) is 0 Å². The van der Waals surface area contributed by atoms with Gasteiger partial charge in [-0.2, -0.15) is 13.2 Å². The van der Waals surface area contributed by atoms with E-state index in [-0.39, 0.29) is 6.54 Å². The molecule has 2 N–H and O–H groups in total. The third-order valence-corrected chi connectivity index (χ3v) is 2.62. The van der Waals surface area contributed by atoms with Crippen molar-refractivity contribution in [1.29, 1.82) is 0 Å². The second kappa shape index (κ2) is 4.83. The van der Waals surface area contributed by atoms with Crippen LogP contribution in [-0.4, -0.2) is 36.1 Å². The SMILES string of the molecule is NC(=O)C1CCCCN1CCC(F)(F)F. The van der Waals surface area contributed by atoms with Crippen molar-refractivity contribution in [2.24, 2.45) is 5.73 Å². The summed E-state index contributed by atoms with van der Waals surface area (Å²) in [6.07, 6.45) is -2.78. The lowest BCUT2D eigenvalue weighted by molar-refractivity contribution is -0.143. The molecule has 1 atom stereocenters. The number of carbonyl (C=O) groups excluding carboxylic acids is 1. The lowest BCUT2D eigenvalue weighted by atomic mass is 10.0. The van der Waals surface area contributed by atoms with Gasteiger partial charge in [-0.15, -0.1) is 0 Å². The number of alkyl halides is 3. The van der Waals surface area contributed by atoms with Gasteiger partial charge in [-0.05, 0) is 19.4 Å². The Morgan fingerprint density at radius 3 is 2.60 bits per heavy atom. The summed E-state index contributed by atoms with van der Waals surface area (Å²) in [4.78, 5) is 12.5. The Labute approximate surface area is 86.4 Å². The minimum Gasteiger partial charge on any atom is -0.368 e. The van der Waals surface area contributed by atoms with Crippen LogP contribution in [-0.2, 0) is 4.79 Å². The van der Waals surface area contributed by atoms with Crippen LogP contribution in [0.2, 0.25) is 0 Å². The quantitative estimate of drug-likeness (QED) is 0.784. The van der Waals surface area contributed by atoms with E-state index in [4.69, 9.17) is 5.73 Å². The molecule has 1 unspecified atom stereocenters. The zero-order chi connectivity index (χ0) is 11.5. The van der Waals surface area contributed by atoms with Crippen molar-refractivity contribution in [2.75, 3.05) is 13.1 Å². The van der Waals surface area contributed by atoms with Crippen LogP contribution in [0, 0.1) is 0 Å². The summed E-state index contributed by atoms with van der Waals surface area (Å²) >= 11 is 0. The van der Waals surface area contributed by atoms with E-state index in [1.165, 1.54) is 0 Å². The minimum atomic E-state index is -4.17. The fourth-order valence-corrected chi connectivity index (χ4v) is 1.85. The molecular formula is C9H15F3N2O. The molecule has 1 heterocycles. The normalized spacial score (nSPS) is 24.1. The van der Waals surface area contributed by atoms with E-state index < -0.39 is 24.5 Å². The zero-order valence-corrected chi connectivity index (χ0v) is 8.39. The molecule has 1 fully saturated rings. The smallest absolute Gasteiger partial charge is 0.368 e. The summed E-state index contributed by atoms with van der Waals surface area (Å²) in [5.41, 5.74) is 5.14. The third-order valence-electron chi connectivity index (χ3n) is 2.62. The lowest BCUT2D eigenvalue weighted by Gasteiger charge is -2.33. The van der Waals surface area contributed by atoms with Gasteiger partial charge in [0.2, 0.25) is 5.91 Å². The number of nitrogens with two attached hydrogens (primary N) is 1. The Balaban J connectivity index is 2.46. The van der Waals surface area contributed by atoms with Crippen molar-refractivity contribution >= 4 is 5.91 Å². The molecule has 0 radical (unpaired) electrons. The Morgan fingerprint density at radius 2 is 2.07 bits per heavy atom. The first-order chi connectivity index (χ1) is 6.90. The molecule has 0 saturated carbocycles. The highest BCUT2D eigenvalue weighted by atomic mass is 19.4. The van der Waals surface area contributed by atoms with Crippen LogP contribution < -0.4 is 5.73 Å². The summed E-state index contributed by atoms with van der Waals surface area (Å²) < 4.78 is 36.0. The number of rotatable bonds is 3. The van der Waals surface area contributed by atoms with Crippen LogP contribution in [0.5, 0.6) is 0 Å². The van der Waals surface area contributed by atoms with Gasteiger partial charge in [0, 0.05) is 6.54 Å². The van der Waals surface area contributed by atoms with Crippen molar-refractivity contribution < 1.29 is 18.0 Å². The summed E-state index contributed by atoms with van der Waals surface area (Å²) in [7, 11) is 0. The monoisotopic (exact) mass is 224 g/mol. The van der Waals surface area contributed by atoms with E-state index >= 15 is 0 Å². The largest absolute Gasteiger partial charge is 0.390 e. The first-order valence-electron chi connectivity index (χ1n) is 5.00. The molecule has 3 nitrogen and oxygen atoms in total. The molecule has 0 aromatic carbocycles. The maximum absolute atomic E-state index is 12.0. The van der Waals surface area contributed by atoms with E-state index in [0.717, 1.165) is 12.8 Å². The van der Waals surface area contributed by atoms with Crippen LogP contribution in [0.4, 0.5) is 13.2 Å². The Bertz CT molecular complexity index is 230. The number of likely N-dealkylation sites (tertiary alicyclic amines) is 1. The fraction of sp³-hybridized carbons (Fsp3) is 0.889. The van der Waals surface area contributed by atoms with Gasteiger partial charge in [0.05, 0.1) is 12.5 Å². The summed E-state index contributed by atoms with van der Waals surface area (Å²) in [6, 6.07) is -0.513. The van der Waals surface area contributed by atoms with Gasteiger partial charge >= 0.3 is 6.18 Å². The second-order valence-electron chi connectivity index (χ2n) is 3.82. The first-order valence-corrected chi connectivity index (χ1v) is 5.00. The number of hydrogen-bond acceptors (Lipinski definition) is 2. The zero-order valence-electron chi connectivity index (χ0n) is 8.39. The molecule has 88 valence electrons. The predicted octanol–water partition coefficient (Wildman–Crippen LogP) is 1.28. The van der Waals surface area contributed by atoms with Gasteiger partial charge in [-0.25, -0.2) is 0 Å². The molecule has 0 aromatic rings. The molecule has 1 saturated heterocycles. The molecule has 0 aliphatic carbocycles. The van der Waals surface area contributed by atoms with Crippen LogP contribution in [0.3, 0.4) is 0 Å². The molecule has 6 heteroatoms. The molecule has 1 aliphatic rings. The molecule has 1 rings (SSSR count). The molecule has 0 aromatic heterocycles. The molecule has 1 amide bonds. The van der Waals surface area contributed by atoms with Crippen LogP contribution >= 0.6 is 0 Å². The van der Waals surface area contributed by atoms with E-state index in [1.807, 2.05) is 0 Å². The highest BCUT2D eigenvalue weighted by Crippen LogP contribution is 2.23. The number of carbonyl (C=O) groups is 1. The van der Waals surface area contributed by atoms with Gasteiger partial charge in [0.1, 0.15) is 0 Å². The second-order valence-corrected chi connectivity index (χ2v) is 3.82. The average molecular weight is 224 g/mol. The van der Waals surface area contributed by atoms with Crippen molar-refractivity contribution in [1.82, 2.24) is 4.90 Å². The minimum absolute atomic E-state index is 0.128. The highest BCUT2D eigenvalue weighted by molar-refractivity contribution is 5.79. The fourth-order valence-electron chi connectivity index (χ4n) is 1.85. The van der Waals surface area contributed by atoms with Gasteiger partial charge in [-0.3, -0.25) is 9.69 Å². The number of nitrogens with zero attached hydrogens (tertiary/aromatic N) is 1. The van der Waals surface area contributed by atoms with Gasteiger partial charge in [0.25, 0.3) is 0 Å². The van der Waals surface area contributed by atoms with Gasteiger partial charge in [0.15, 0.2) is 0 Å².